The third-order valence-electron chi connectivity index (χ3n) is 4.30. The highest BCUT2D eigenvalue weighted by Crippen LogP contribution is 2.29. The number of anilines is 1. The van der Waals surface area contributed by atoms with E-state index < -0.39 is 15.9 Å². The third-order valence-corrected chi connectivity index (χ3v) is 7.25. The van der Waals surface area contributed by atoms with Crippen LogP contribution in [0.5, 0.6) is 0 Å². The first-order valence-electron chi connectivity index (χ1n) is 8.35. The van der Waals surface area contributed by atoms with Crippen LogP contribution >= 0.6 is 34.8 Å². The minimum absolute atomic E-state index is 0.0732. The van der Waals surface area contributed by atoms with Gasteiger partial charge in [0.25, 0.3) is 5.91 Å². The first kappa shape index (κ1) is 20.4. The lowest BCUT2D eigenvalue weighted by Gasteiger charge is -2.26. The van der Waals surface area contributed by atoms with Crippen molar-refractivity contribution in [3.05, 3.63) is 57.0 Å². The van der Waals surface area contributed by atoms with E-state index in [1.54, 1.807) is 12.1 Å². The van der Waals surface area contributed by atoms with Gasteiger partial charge in [-0.2, -0.15) is 4.31 Å². The summed E-state index contributed by atoms with van der Waals surface area (Å²) in [5.74, 6) is -0.508. The summed E-state index contributed by atoms with van der Waals surface area (Å²) in [6.45, 7) is 0.903. The fourth-order valence-electron chi connectivity index (χ4n) is 2.87. The molecule has 1 N–H and O–H groups in total. The van der Waals surface area contributed by atoms with Gasteiger partial charge in [-0.25, -0.2) is 8.42 Å². The Bertz CT molecular complexity index is 974. The molecular weight excluding hydrogens is 431 g/mol. The van der Waals surface area contributed by atoms with E-state index in [1.807, 2.05) is 0 Å². The topological polar surface area (TPSA) is 66.5 Å². The summed E-state index contributed by atoms with van der Waals surface area (Å²) in [4.78, 5) is 12.5. The molecule has 0 unspecified atom stereocenters. The van der Waals surface area contributed by atoms with Crippen LogP contribution in [-0.2, 0) is 10.0 Å². The van der Waals surface area contributed by atoms with E-state index in [4.69, 9.17) is 34.8 Å². The van der Waals surface area contributed by atoms with Crippen LogP contribution < -0.4 is 5.32 Å². The van der Waals surface area contributed by atoms with Gasteiger partial charge in [0.1, 0.15) is 4.90 Å². The number of nitrogens with one attached hydrogen (secondary N) is 1. The molecule has 0 atom stereocenters. The molecule has 0 radical (unpaired) electrons. The van der Waals surface area contributed by atoms with E-state index in [9.17, 15) is 13.2 Å². The monoisotopic (exact) mass is 446 g/mol. The van der Waals surface area contributed by atoms with Crippen LogP contribution in [0.1, 0.15) is 29.6 Å². The Balaban J connectivity index is 1.90. The lowest BCUT2D eigenvalue weighted by Crippen LogP contribution is -2.35. The molecule has 1 amide bonds. The molecule has 2 aromatic rings. The third kappa shape index (κ3) is 4.58. The Kier molecular flexibility index (Phi) is 6.33. The lowest BCUT2D eigenvalue weighted by molar-refractivity contribution is 0.102. The molecule has 3 rings (SSSR count). The normalized spacial score (nSPS) is 15.5. The minimum atomic E-state index is -3.76. The number of piperidine rings is 1. The van der Waals surface area contributed by atoms with Gasteiger partial charge in [0.05, 0.1) is 15.7 Å². The van der Waals surface area contributed by atoms with Crippen molar-refractivity contribution in [1.82, 2.24) is 4.31 Å². The molecule has 1 aliphatic heterocycles. The molecule has 9 heteroatoms. The summed E-state index contributed by atoms with van der Waals surface area (Å²) in [6.07, 6.45) is 2.62. The van der Waals surface area contributed by atoms with Gasteiger partial charge in [-0.05, 0) is 49.2 Å². The second-order valence-corrected chi connectivity index (χ2v) is 9.35. The van der Waals surface area contributed by atoms with Crippen molar-refractivity contribution < 1.29 is 13.2 Å². The zero-order valence-electron chi connectivity index (χ0n) is 14.2. The van der Waals surface area contributed by atoms with Crippen molar-refractivity contribution in [2.75, 3.05) is 18.4 Å². The average molecular weight is 448 g/mol. The van der Waals surface area contributed by atoms with Gasteiger partial charge in [-0.15, -0.1) is 0 Å². The molecule has 1 heterocycles. The van der Waals surface area contributed by atoms with Crippen LogP contribution in [0.15, 0.2) is 41.3 Å². The number of hydrogen-bond acceptors (Lipinski definition) is 3. The Labute approximate surface area is 173 Å². The number of amides is 1. The largest absolute Gasteiger partial charge is 0.321 e. The molecule has 1 saturated heterocycles. The van der Waals surface area contributed by atoms with E-state index in [-0.39, 0.29) is 15.5 Å². The molecule has 0 saturated carbocycles. The van der Waals surface area contributed by atoms with Crippen LogP contribution in [0, 0.1) is 0 Å². The number of sulfonamides is 1. The lowest BCUT2D eigenvalue weighted by atomic mass is 10.2. The Morgan fingerprint density at radius 3 is 2.30 bits per heavy atom. The molecule has 144 valence electrons. The maximum atomic E-state index is 12.9. The van der Waals surface area contributed by atoms with Crippen LogP contribution in [-0.4, -0.2) is 31.7 Å². The van der Waals surface area contributed by atoms with E-state index in [2.05, 4.69) is 5.32 Å². The van der Waals surface area contributed by atoms with E-state index >= 15 is 0 Å². The van der Waals surface area contributed by atoms with Crippen molar-refractivity contribution in [2.45, 2.75) is 24.2 Å². The van der Waals surface area contributed by atoms with E-state index in [1.165, 1.54) is 28.6 Å². The van der Waals surface area contributed by atoms with Crippen LogP contribution in [0.25, 0.3) is 0 Å². The first-order chi connectivity index (χ1) is 12.8. The number of hydrogen-bond donors (Lipinski definition) is 1. The van der Waals surface area contributed by atoms with Crippen molar-refractivity contribution in [2.24, 2.45) is 0 Å². The smallest absolute Gasteiger partial charge is 0.255 e. The average Bonchev–Trinajstić information content (AvgIpc) is 2.65. The van der Waals surface area contributed by atoms with Crippen molar-refractivity contribution >= 4 is 56.4 Å². The highest BCUT2D eigenvalue weighted by molar-refractivity contribution is 7.89. The summed E-state index contributed by atoms with van der Waals surface area (Å²) in [5, 5.41) is 3.46. The number of carbonyl (C=O) groups excluding carboxylic acids is 1. The number of benzene rings is 2. The minimum Gasteiger partial charge on any atom is -0.321 e. The number of rotatable bonds is 4. The van der Waals surface area contributed by atoms with Gasteiger partial charge in [0, 0.05) is 23.7 Å². The zero-order valence-corrected chi connectivity index (χ0v) is 17.3. The summed E-state index contributed by atoms with van der Waals surface area (Å²) in [5.41, 5.74) is 0.496. The molecule has 1 fully saturated rings. The second-order valence-electron chi connectivity index (χ2n) is 6.19. The molecule has 0 spiro atoms. The van der Waals surface area contributed by atoms with Gasteiger partial charge in [-0.3, -0.25) is 4.79 Å². The van der Waals surface area contributed by atoms with E-state index in [0.29, 0.717) is 28.8 Å². The molecule has 27 heavy (non-hydrogen) atoms. The Hall–Kier alpha value is -1.31. The number of nitrogens with zero attached hydrogens (tertiary/aromatic N) is 1. The molecule has 0 aromatic heterocycles. The maximum Gasteiger partial charge on any atom is 0.255 e. The molecule has 0 aliphatic carbocycles. The number of halogens is 3. The highest BCUT2D eigenvalue weighted by Gasteiger charge is 2.28. The Morgan fingerprint density at radius 2 is 1.59 bits per heavy atom. The molecule has 0 bridgehead atoms. The van der Waals surface area contributed by atoms with Gasteiger partial charge >= 0.3 is 0 Å². The SMILES string of the molecule is O=C(Nc1cc(Cl)ccc1Cl)c1ccc(Cl)c(S(=O)(=O)N2CCCCC2)c1. The van der Waals surface area contributed by atoms with Gasteiger partial charge in [-0.1, -0.05) is 41.2 Å². The fourth-order valence-corrected chi connectivity index (χ4v) is 5.23. The summed E-state index contributed by atoms with van der Waals surface area (Å²) in [7, 11) is -3.76. The molecule has 2 aromatic carbocycles. The van der Waals surface area contributed by atoms with Crippen molar-refractivity contribution in [1.29, 1.82) is 0 Å². The molecule has 5 nitrogen and oxygen atoms in total. The number of carbonyl (C=O) groups is 1. The maximum absolute atomic E-state index is 12.9. The predicted octanol–water partition coefficient (Wildman–Crippen LogP) is 5.07. The molecular formula is C18H17Cl3N2O3S. The fraction of sp³-hybridized carbons (Fsp3) is 0.278. The van der Waals surface area contributed by atoms with Crippen LogP contribution in [0.3, 0.4) is 0 Å². The highest BCUT2D eigenvalue weighted by atomic mass is 35.5. The van der Waals surface area contributed by atoms with Gasteiger partial charge < -0.3 is 5.32 Å². The second kappa shape index (κ2) is 8.37. The van der Waals surface area contributed by atoms with Crippen LogP contribution in [0.4, 0.5) is 5.69 Å². The van der Waals surface area contributed by atoms with Crippen molar-refractivity contribution in [3.8, 4) is 0 Å². The van der Waals surface area contributed by atoms with Gasteiger partial charge in [0.15, 0.2) is 0 Å². The standard InChI is InChI=1S/C18H17Cl3N2O3S/c19-13-5-7-14(20)16(11-13)22-18(24)12-4-6-15(21)17(10-12)27(25,26)23-8-2-1-3-9-23/h4-7,10-11H,1-3,8-9H2,(H,22,24). The van der Waals surface area contributed by atoms with Crippen LogP contribution in [0.2, 0.25) is 15.1 Å². The summed E-state index contributed by atoms with van der Waals surface area (Å²) in [6, 6.07) is 8.85. The summed E-state index contributed by atoms with van der Waals surface area (Å²) >= 11 is 18.1. The van der Waals surface area contributed by atoms with Gasteiger partial charge in [0.2, 0.25) is 10.0 Å². The Morgan fingerprint density at radius 1 is 0.926 bits per heavy atom. The summed E-state index contributed by atoms with van der Waals surface area (Å²) < 4.78 is 27.2. The van der Waals surface area contributed by atoms with E-state index in [0.717, 1.165) is 19.3 Å². The predicted molar refractivity (Wildman–Crippen MR) is 108 cm³/mol. The first-order valence-corrected chi connectivity index (χ1v) is 10.9. The zero-order chi connectivity index (χ0) is 19.6. The van der Waals surface area contributed by atoms with Crippen molar-refractivity contribution in [3.63, 3.8) is 0 Å². The quantitative estimate of drug-likeness (QED) is 0.711. The molecule has 1 aliphatic rings.